The van der Waals surface area contributed by atoms with Crippen molar-refractivity contribution in [2.45, 2.75) is 13.0 Å². The van der Waals surface area contributed by atoms with E-state index < -0.39 is 6.61 Å². The zero-order valence-corrected chi connectivity index (χ0v) is 10.8. The summed E-state index contributed by atoms with van der Waals surface area (Å²) in [6, 6.07) is 3.44. The molecule has 0 saturated heterocycles. The summed E-state index contributed by atoms with van der Waals surface area (Å²) in [5, 5.41) is 0. The van der Waals surface area contributed by atoms with Crippen LogP contribution in [0.1, 0.15) is 5.56 Å². The van der Waals surface area contributed by atoms with E-state index >= 15 is 0 Å². The molecule has 0 aliphatic rings. The third kappa shape index (κ3) is 3.70. The van der Waals surface area contributed by atoms with Crippen molar-refractivity contribution in [3.63, 3.8) is 0 Å². The number of alkyl halides is 2. The fourth-order valence-electron chi connectivity index (χ4n) is 1.13. The first-order valence-electron chi connectivity index (χ1n) is 4.17. The second-order valence-electron chi connectivity index (χ2n) is 2.81. The largest absolute Gasteiger partial charge is 0.432 e. The highest BCUT2D eigenvalue weighted by Gasteiger charge is 2.13. The van der Waals surface area contributed by atoms with Gasteiger partial charge < -0.3 is 10.5 Å². The fourth-order valence-corrected chi connectivity index (χ4v) is 2.59. The van der Waals surface area contributed by atoms with E-state index in [9.17, 15) is 8.78 Å². The topological polar surface area (TPSA) is 35.2 Å². The maximum Gasteiger partial charge on any atom is 0.387 e. The zero-order chi connectivity index (χ0) is 11.4. The third-order valence-corrected chi connectivity index (χ3v) is 2.88. The quantitative estimate of drug-likeness (QED) is 0.909. The maximum atomic E-state index is 12.0. The van der Waals surface area contributed by atoms with Gasteiger partial charge >= 0.3 is 6.61 Å². The SMILES string of the molecule is NCCc1cc(Br)c(OC(F)F)c(Br)c1. The summed E-state index contributed by atoms with van der Waals surface area (Å²) in [7, 11) is 0. The lowest BCUT2D eigenvalue weighted by molar-refractivity contribution is -0.0508. The minimum absolute atomic E-state index is 0.103. The zero-order valence-electron chi connectivity index (χ0n) is 7.64. The number of hydrogen-bond donors (Lipinski definition) is 1. The average Bonchev–Trinajstić information content (AvgIpc) is 2.11. The minimum atomic E-state index is -2.84. The number of benzene rings is 1. The molecule has 1 aromatic rings. The molecule has 0 fully saturated rings. The van der Waals surface area contributed by atoms with Crippen LogP contribution in [0.25, 0.3) is 0 Å². The number of hydrogen-bond acceptors (Lipinski definition) is 2. The monoisotopic (exact) mass is 343 g/mol. The molecular formula is C9H9Br2F2NO. The molecule has 0 aliphatic heterocycles. The molecule has 0 spiro atoms. The van der Waals surface area contributed by atoms with Gasteiger partial charge in [-0.05, 0) is 62.5 Å². The lowest BCUT2D eigenvalue weighted by atomic mass is 10.1. The van der Waals surface area contributed by atoms with Crippen molar-refractivity contribution < 1.29 is 13.5 Å². The lowest BCUT2D eigenvalue weighted by Crippen LogP contribution is -2.05. The predicted octanol–water partition coefficient (Wildman–Crippen LogP) is 3.31. The Bertz CT molecular complexity index is 324. The first kappa shape index (κ1) is 12.9. The molecule has 84 valence electrons. The molecule has 0 amide bonds. The van der Waals surface area contributed by atoms with Crippen LogP contribution in [0.5, 0.6) is 5.75 Å². The van der Waals surface area contributed by atoms with Crippen LogP contribution in [0.3, 0.4) is 0 Å². The van der Waals surface area contributed by atoms with Crippen LogP contribution >= 0.6 is 31.9 Å². The smallest absolute Gasteiger partial charge is 0.387 e. The van der Waals surface area contributed by atoms with Crippen molar-refractivity contribution in [3.8, 4) is 5.75 Å². The van der Waals surface area contributed by atoms with Crippen molar-refractivity contribution in [2.75, 3.05) is 6.54 Å². The highest BCUT2D eigenvalue weighted by Crippen LogP contribution is 2.35. The summed E-state index contributed by atoms with van der Waals surface area (Å²) >= 11 is 6.33. The van der Waals surface area contributed by atoms with E-state index in [1.54, 1.807) is 12.1 Å². The van der Waals surface area contributed by atoms with Crippen LogP contribution in [-0.4, -0.2) is 13.2 Å². The van der Waals surface area contributed by atoms with Crippen LogP contribution in [-0.2, 0) is 6.42 Å². The second kappa shape index (κ2) is 5.77. The third-order valence-electron chi connectivity index (χ3n) is 1.70. The molecule has 0 unspecified atom stereocenters. The molecule has 6 heteroatoms. The first-order valence-corrected chi connectivity index (χ1v) is 5.76. The van der Waals surface area contributed by atoms with Gasteiger partial charge in [0.15, 0.2) is 5.75 Å². The van der Waals surface area contributed by atoms with Crippen LogP contribution < -0.4 is 10.5 Å². The minimum Gasteiger partial charge on any atom is -0.432 e. The normalized spacial score (nSPS) is 10.8. The van der Waals surface area contributed by atoms with E-state index in [1.165, 1.54) is 0 Å². The summed E-state index contributed by atoms with van der Waals surface area (Å²) in [6.45, 7) is -2.33. The highest BCUT2D eigenvalue weighted by molar-refractivity contribution is 9.11. The molecule has 0 heterocycles. The van der Waals surface area contributed by atoms with Gasteiger partial charge in [0.1, 0.15) is 0 Å². The van der Waals surface area contributed by atoms with Gasteiger partial charge in [0.05, 0.1) is 8.95 Å². The number of nitrogens with two attached hydrogens (primary N) is 1. The summed E-state index contributed by atoms with van der Waals surface area (Å²) in [6.07, 6.45) is 0.687. The summed E-state index contributed by atoms with van der Waals surface area (Å²) in [5.74, 6) is 0.103. The van der Waals surface area contributed by atoms with Crippen molar-refractivity contribution in [1.29, 1.82) is 0 Å². The molecule has 0 radical (unpaired) electrons. The Morgan fingerprint density at radius 3 is 2.20 bits per heavy atom. The number of rotatable bonds is 4. The molecular weight excluding hydrogens is 336 g/mol. The standard InChI is InChI=1S/C9H9Br2F2NO/c10-6-3-5(1-2-14)4-7(11)8(6)15-9(12)13/h3-4,9H,1-2,14H2. The Labute approximate surface area is 103 Å². The summed E-state index contributed by atoms with van der Waals surface area (Å²) in [5.41, 5.74) is 6.35. The molecule has 0 aromatic heterocycles. The van der Waals surface area contributed by atoms with Gasteiger partial charge in [-0.2, -0.15) is 8.78 Å². The molecule has 2 N–H and O–H groups in total. The second-order valence-corrected chi connectivity index (χ2v) is 4.51. The Balaban J connectivity index is 2.98. The number of ether oxygens (including phenoxy) is 1. The van der Waals surface area contributed by atoms with Gasteiger partial charge in [-0.25, -0.2) is 0 Å². The summed E-state index contributed by atoms with van der Waals surface area (Å²) in [4.78, 5) is 0. The maximum absolute atomic E-state index is 12.0. The Morgan fingerprint density at radius 1 is 1.27 bits per heavy atom. The lowest BCUT2D eigenvalue weighted by Gasteiger charge is -2.10. The van der Waals surface area contributed by atoms with Gasteiger partial charge in [-0.15, -0.1) is 0 Å². The Hall–Kier alpha value is -0.200. The van der Waals surface area contributed by atoms with Gasteiger partial charge in [0.2, 0.25) is 0 Å². The fraction of sp³-hybridized carbons (Fsp3) is 0.333. The van der Waals surface area contributed by atoms with Crippen molar-refractivity contribution >= 4 is 31.9 Å². The summed E-state index contributed by atoms with van der Waals surface area (Å²) < 4.78 is 29.4. The van der Waals surface area contributed by atoms with Crippen molar-refractivity contribution in [3.05, 3.63) is 26.6 Å². The Kier molecular flexibility index (Phi) is 4.95. The van der Waals surface area contributed by atoms with Gasteiger partial charge in [0, 0.05) is 0 Å². The number of halogens is 4. The van der Waals surface area contributed by atoms with Gasteiger partial charge in [-0.3, -0.25) is 0 Å². The van der Waals surface area contributed by atoms with Crippen LogP contribution in [0.15, 0.2) is 21.1 Å². The van der Waals surface area contributed by atoms with E-state index in [-0.39, 0.29) is 5.75 Å². The molecule has 0 saturated carbocycles. The van der Waals surface area contributed by atoms with E-state index in [4.69, 9.17) is 5.73 Å². The van der Waals surface area contributed by atoms with E-state index in [0.29, 0.717) is 21.9 Å². The molecule has 2 nitrogen and oxygen atoms in total. The van der Waals surface area contributed by atoms with Crippen LogP contribution in [0, 0.1) is 0 Å². The molecule has 0 aliphatic carbocycles. The van der Waals surface area contributed by atoms with Crippen molar-refractivity contribution in [1.82, 2.24) is 0 Å². The molecule has 1 rings (SSSR count). The van der Waals surface area contributed by atoms with Gasteiger partial charge in [-0.1, -0.05) is 0 Å². The van der Waals surface area contributed by atoms with Crippen LogP contribution in [0.2, 0.25) is 0 Å². The molecule has 1 aromatic carbocycles. The van der Waals surface area contributed by atoms with E-state index in [1.807, 2.05) is 0 Å². The molecule has 0 atom stereocenters. The first-order chi connectivity index (χ1) is 7.04. The average molecular weight is 345 g/mol. The highest BCUT2D eigenvalue weighted by atomic mass is 79.9. The molecule has 0 bridgehead atoms. The Morgan fingerprint density at radius 2 is 1.80 bits per heavy atom. The van der Waals surface area contributed by atoms with Crippen LogP contribution in [0.4, 0.5) is 8.78 Å². The van der Waals surface area contributed by atoms with Gasteiger partial charge in [0.25, 0.3) is 0 Å². The molecule has 15 heavy (non-hydrogen) atoms. The van der Waals surface area contributed by atoms with E-state index in [0.717, 1.165) is 5.56 Å². The van der Waals surface area contributed by atoms with E-state index in [2.05, 4.69) is 36.6 Å². The predicted molar refractivity (Wildman–Crippen MR) is 61.2 cm³/mol. The van der Waals surface area contributed by atoms with Crippen molar-refractivity contribution in [2.24, 2.45) is 5.73 Å².